The number of aryl methyl sites for hydroxylation is 1. The van der Waals surface area contributed by atoms with E-state index in [4.69, 9.17) is 5.73 Å². The van der Waals surface area contributed by atoms with Crippen molar-refractivity contribution in [2.75, 3.05) is 23.7 Å². The first kappa shape index (κ1) is 17.2. The summed E-state index contributed by atoms with van der Waals surface area (Å²) in [6.07, 6.45) is 8.74. The second-order valence-electron chi connectivity index (χ2n) is 6.08. The van der Waals surface area contributed by atoms with E-state index in [1.807, 2.05) is 42.0 Å². The van der Waals surface area contributed by atoms with E-state index in [0.29, 0.717) is 6.54 Å². The third kappa shape index (κ3) is 4.45. The molecular formula is C18H25N7. The lowest BCUT2D eigenvalue weighted by Gasteiger charge is -2.12. The van der Waals surface area contributed by atoms with Gasteiger partial charge in [0.15, 0.2) is 5.65 Å². The van der Waals surface area contributed by atoms with Crippen molar-refractivity contribution in [3.05, 3.63) is 47.9 Å². The fourth-order valence-electron chi connectivity index (χ4n) is 2.65. The second kappa shape index (κ2) is 8.43. The zero-order valence-electron chi connectivity index (χ0n) is 14.6. The molecule has 0 bridgehead atoms. The van der Waals surface area contributed by atoms with Gasteiger partial charge in [-0.25, -0.2) is 4.98 Å². The zero-order chi connectivity index (χ0) is 17.5. The summed E-state index contributed by atoms with van der Waals surface area (Å²) >= 11 is 0. The minimum Gasteiger partial charge on any atom is -0.370 e. The van der Waals surface area contributed by atoms with E-state index in [1.54, 1.807) is 6.20 Å². The molecule has 3 aromatic rings. The van der Waals surface area contributed by atoms with Crippen molar-refractivity contribution in [2.24, 2.45) is 5.73 Å². The normalized spacial score (nSPS) is 11.0. The van der Waals surface area contributed by atoms with Crippen LogP contribution in [0.25, 0.3) is 5.65 Å². The predicted molar refractivity (Wildman–Crippen MR) is 101 cm³/mol. The second-order valence-corrected chi connectivity index (χ2v) is 6.08. The third-order valence-electron chi connectivity index (χ3n) is 4.03. The molecule has 7 nitrogen and oxygen atoms in total. The summed E-state index contributed by atoms with van der Waals surface area (Å²) < 4.78 is 1.84. The van der Waals surface area contributed by atoms with E-state index in [9.17, 15) is 0 Å². The molecule has 0 aromatic carbocycles. The summed E-state index contributed by atoms with van der Waals surface area (Å²) in [5.41, 5.74) is 8.57. The van der Waals surface area contributed by atoms with Gasteiger partial charge in [-0.1, -0.05) is 12.5 Å². The van der Waals surface area contributed by atoms with Crippen molar-refractivity contribution >= 4 is 17.3 Å². The molecule has 3 rings (SSSR count). The number of hydrogen-bond donors (Lipinski definition) is 3. The monoisotopic (exact) mass is 339 g/mol. The molecule has 3 aromatic heterocycles. The van der Waals surface area contributed by atoms with Crippen LogP contribution < -0.4 is 16.4 Å². The lowest BCUT2D eigenvalue weighted by Crippen LogP contribution is -2.10. The van der Waals surface area contributed by atoms with E-state index in [2.05, 4.69) is 25.7 Å². The number of nitrogens with one attached hydrogen (secondary N) is 2. The largest absolute Gasteiger partial charge is 0.370 e. The lowest BCUT2D eigenvalue weighted by molar-refractivity contribution is 0.706. The smallest absolute Gasteiger partial charge is 0.162 e. The highest BCUT2D eigenvalue weighted by molar-refractivity contribution is 5.59. The van der Waals surface area contributed by atoms with Crippen LogP contribution in [0.5, 0.6) is 0 Å². The Hall–Kier alpha value is -2.67. The van der Waals surface area contributed by atoms with Gasteiger partial charge < -0.3 is 16.4 Å². The Bertz CT molecular complexity index is 798. The Morgan fingerprint density at radius 1 is 1.16 bits per heavy atom. The van der Waals surface area contributed by atoms with E-state index >= 15 is 0 Å². The van der Waals surface area contributed by atoms with Crippen molar-refractivity contribution in [3.8, 4) is 0 Å². The zero-order valence-corrected chi connectivity index (χ0v) is 14.6. The van der Waals surface area contributed by atoms with Gasteiger partial charge in [-0.15, -0.1) is 0 Å². The Kier molecular flexibility index (Phi) is 5.79. The maximum Gasteiger partial charge on any atom is 0.162 e. The summed E-state index contributed by atoms with van der Waals surface area (Å²) in [6, 6.07) is 5.98. The topological polar surface area (TPSA) is 93.2 Å². The number of hydrogen-bond acceptors (Lipinski definition) is 6. The van der Waals surface area contributed by atoms with Gasteiger partial charge in [0.05, 0.1) is 6.20 Å². The average Bonchev–Trinajstić information content (AvgIpc) is 3.02. The number of pyridine rings is 1. The molecule has 0 radical (unpaired) electrons. The summed E-state index contributed by atoms with van der Waals surface area (Å²) in [7, 11) is 0. The molecule has 7 heteroatoms. The Morgan fingerprint density at radius 3 is 2.88 bits per heavy atom. The van der Waals surface area contributed by atoms with E-state index < -0.39 is 0 Å². The molecule has 0 aliphatic rings. The number of anilines is 2. The SMILES string of the molecule is Cc1cnn2c(NCc3cccnc3)cc(NCCCCCN)nc12. The van der Waals surface area contributed by atoms with Gasteiger partial charge in [0.2, 0.25) is 0 Å². The molecule has 0 atom stereocenters. The van der Waals surface area contributed by atoms with Crippen molar-refractivity contribution in [1.29, 1.82) is 0 Å². The molecule has 0 aliphatic carbocycles. The van der Waals surface area contributed by atoms with E-state index in [1.165, 1.54) is 0 Å². The number of aromatic nitrogens is 4. The van der Waals surface area contributed by atoms with Crippen molar-refractivity contribution in [3.63, 3.8) is 0 Å². The van der Waals surface area contributed by atoms with Gasteiger partial charge in [-0.3, -0.25) is 4.98 Å². The van der Waals surface area contributed by atoms with Crippen molar-refractivity contribution in [1.82, 2.24) is 19.6 Å². The fraction of sp³-hybridized carbons (Fsp3) is 0.389. The summed E-state index contributed by atoms with van der Waals surface area (Å²) in [4.78, 5) is 8.83. The van der Waals surface area contributed by atoms with Gasteiger partial charge >= 0.3 is 0 Å². The maximum atomic E-state index is 5.53. The van der Waals surface area contributed by atoms with E-state index in [0.717, 1.165) is 60.8 Å². The summed E-state index contributed by atoms with van der Waals surface area (Å²) in [5.74, 6) is 1.77. The first-order valence-corrected chi connectivity index (χ1v) is 8.70. The minimum absolute atomic E-state index is 0.682. The number of fused-ring (bicyclic) bond motifs is 1. The average molecular weight is 339 g/mol. The van der Waals surface area contributed by atoms with Crippen molar-refractivity contribution in [2.45, 2.75) is 32.7 Å². The van der Waals surface area contributed by atoms with Crippen LogP contribution in [0.15, 0.2) is 36.8 Å². The van der Waals surface area contributed by atoms with Crippen LogP contribution in [0.1, 0.15) is 30.4 Å². The van der Waals surface area contributed by atoms with Crippen LogP contribution in [0, 0.1) is 6.92 Å². The predicted octanol–water partition coefficient (Wildman–Crippen LogP) is 2.59. The van der Waals surface area contributed by atoms with Crippen LogP contribution in [0.4, 0.5) is 11.6 Å². The van der Waals surface area contributed by atoms with Gasteiger partial charge in [-0.2, -0.15) is 9.61 Å². The number of unbranched alkanes of at least 4 members (excludes halogenated alkanes) is 2. The highest BCUT2D eigenvalue weighted by atomic mass is 15.3. The lowest BCUT2D eigenvalue weighted by atomic mass is 10.2. The standard InChI is InChI=1S/C18H25N7/c1-14-11-23-25-17(22-13-15-6-5-8-20-12-15)10-16(24-18(14)25)21-9-4-2-3-7-19/h5-6,8,10-12,22H,2-4,7,9,13,19H2,1H3,(H,21,24). The van der Waals surface area contributed by atoms with E-state index in [-0.39, 0.29) is 0 Å². The van der Waals surface area contributed by atoms with Crippen LogP contribution >= 0.6 is 0 Å². The number of rotatable bonds is 9. The van der Waals surface area contributed by atoms with Gasteiger partial charge in [0, 0.05) is 37.1 Å². The number of nitrogens with zero attached hydrogens (tertiary/aromatic N) is 4. The molecule has 0 unspecified atom stereocenters. The van der Waals surface area contributed by atoms with Crippen LogP contribution in [0.2, 0.25) is 0 Å². The fourth-order valence-corrected chi connectivity index (χ4v) is 2.65. The molecule has 0 aliphatic heterocycles. The molecule has 3 heterocycles. The Morgan fingerprint density at radius 2 is 2.08 bits per heavy atom. The molecular weight excluding hydrogens is 314 g/mol. The van der Waals surface area contributed by atoms with Crippen LogP contribution in [-0.2, 0) is 6.54 Å². The summed E-state index contributed by atoms with van der Waals surface area (Å²) in [5, 5.41) is 11.3. The van der Waals surface area contributed by atoms with Gasteiger partial charge in [0.1, 0.15) is 11.6 Å². The third-order valence-corrected chi connectivity index (χ3v) is 4.03. The van der Waals surface area contributed by atoms with Crippen LogP contribution in [-0.4, -0.2) is 32.7 Å². The van der Waals surface area contributed by atoms with Gasteiger partial charge in [0.25, 0.3) is 0 Å². The Labute approximate surface area is 147 Å². The van der Waals surface area contributed by atoms with Crippen molar-refractivity contribution < 1.29 is 0 Å². The molecule has 0 saturated carbocycles. The molecule has 25 heavy (non-hydrogen) atoms. The molecule has 0 spiro atoms. The summed E-state index contributed by atoms with van der Waals surface area (Å²) in [6.45, 7) is 4.34. The molecule has 0 fully saturated rings. The van der Waals surface area contributed by atoms with Crippen LogP contribution in [0.3, 0.4) is 0 Å². The minimum atomic E-state index is 0.682. The molecule has 4 N–H and O–H groups in total. The molecule has 0 saturated heterocycles. The highest BCUT2D eigenvalue weighted by Crippen LogP contribution is 2.19. The number of nitrogens with two attached hydrogens (primary N) is 1. The van der Waals surface area contributed by atoms with Gasteiger partial charge in [-0.05, 0) is 37.9 Å². The first-order valence-electron chi connectivity index (χ1n) is 8.70. The molecule has 0 amide bonds. The molecule has 132 valence electrons. The first-order chi connectivity index (χ1) is 12.3. The Balaban J connectivity index is 1.73. The maximum absolute atomic E-state index is 5.53. The quantitative estimate of drug-likeness (QED) is 0.519. The highest BCUT2D eigenvalue weighted by Gasteiger charge is 2.09.